The molecule has 0 radical (unpaired) electrons. The monoisotopic (exact) mass is 322 g/mol. The molecule has 2 heteroatoms. The zero-order chi connectivity index (χ0) is 13.1. The molecule has 1 aromatic rings. The molecule has 1 saturated carbocycles. The third-order valence-electron chi connectivity index (χ3n) is 4.71. The Kier molecular flexibility index (Phi) is 4.28. The Hall–Kier alpha value is -0.340. The van der Waals surface area contributed by atoms with Crippen molar-refractivity contribution in [1.29, 1.82) is 0 Å². The van der Waals surface area contributed by atoms with Crippen LogP contribution in [-0.4, -0.2) is 10.9 Å². The Morgan fingerprint density at radius 2 is 1.89 bits per heavy atom. The van der Waals surface area contributed by atoms with E-state index in [0.29, 0.717) is 6.10 Å². The van der Waals surface area contributed by atoms with Gasteiger partial charge in [-0.25, -0.2) is 0 Å². The highest BCUT2D eigenvalue weighted by Crippen LogP contribution is 2.41. The van der Waals surface area contributed by atoms with Crippen molar-refractivity contribution in [3.63, 3.8) is 0 Å². The summed E-state index contributed by atoms with van der Waals surface area (Å²) in [6.07, 6.45) is 10.4. The number of halogens is 1. The molecular weight excluding hydrogens is 300 g/mol. The third kappa shape index (κ3) is 2.90. The van der Waals surface area contributed by atoms with Crippen molar-refractivity contribution >= 4 is 15.9 Å². The number of benzene rings is 1. The number of hydrogen-bond acceptors (Lipinski definition) is 1. The van der Waals surface area contributed by atoms with Gasteiger partial charge in [-0.3, -0.25) is 0 Å². The second kappa shape index (κ2) is 5.97. The van der Waals surface area contributed by atoms with Crippen LogP contribution in [0.25, 0.3) is 0 Å². The fourth-order valence-electron chi connectivity index (χ4n) is 3.61. The maximum absolute atomic E-state index is 6.65. The minimum absolute atomic E-state index is 0.0906. The van der Waals surface area contributed by atoms with Gasteiger partial charge >= 0.3 is 0 Å². The van der Waals surface area contributed by atoms with Crippen LogP contribution in [0.15, 0.2) is 24.3 Å². The van der Waals surface area contributed by atoms with Gasteiger partial charge in [0.1, 0.15) is 0 Å². The van der Waals surface area contributed by atoms with E-state index < -0.39 is 0 Å². The van der Waals surface area contributed by atoms with E-state index in [1.807, 2.05) is 0 Å². The highest BCUT2D eigenvalue weighted by molar-refractivity contribution is 9.09. The Morgan fingerprint density at radius 1 is 1.11 bits per heavy atom. The maximum atomic E-state index is 6.65. The highest BCUT2D eigenvalue weighted by Gasteiger charge is 2.36. The van der Waals surface area contributed by atoms with Crippen LogP contribution < -0.4 is 0 Å². The fourth-order valence-corrected chi connectivity index (χ4v) is 4.31. The number of alkyl halides is 1. The standard InChI is InChI=1S/C17H23BrO/c18-13-17(11-4-1-5-12-17)19-16-10-6-8-14-7-2-3-9-15(14)16/h2-3,7,9,16H,1,4-6,8,10-13H2. The van der Waals surface area contributed by atoms with Gasteiger partial charge in [-0.1, -0.05) is 59.5 Å². The molecule has 0 spiro atoms. The van der Waals surface area contributed by atoms with E-state index in [2.05, 4.69) is 40.2 Å². The molecule has 2 aliphatic rings. The van der Waals surface area contributed by atoms with Gasteiger partial charge in [0.2, 0.25) is 0 Å². The predicted molar refractivity (Wildman–Crippen MR) is 82.8 cm³/mol. The molecule has 1 aromatic carbocycles. The van der Waals surface area contributed by atoms with Crippen LogP contribution in [0.1, 0.15) is 62.2 Å². The van der Waals surface area contributed by atoms with Crippen molar-refractivity contribution in [2.24, 2.45) is 0 Å². The molecule has 3 rings (SSSR count). The average Bonchev–Trinajstić information content (AvgIpc) is 2.49. The molecule has 19 heavy (non-hydrogen) atoms. The molecule has 0 saturated heterocycles. The Morgan fingerprint density at radius 3 is 2.68 bits per heavy atom. The average molecular weight is 323 g/mol. The summed E-state index contributed by atoms with van der Waals surface area (Å²) in [5.74, 6) is 0. The number of rotatable bonds is 3. The van der Waals surface area contributed by atoms with Gasteiger partial charge in [0.15, 0.2) is 0 Å². The quantitative estimate of drug-likeness (QED) is 0.697. The second-order valence-electron chi connectivity index (χ2n) is 6.07. The number of hydrogen-bond donors (Lipinski definition) is 0. The van der Waals surface area contributed by atoms with Crippen molar-refractivity contribution in [1.82, 2.24) is 0 Å². The highest BCUT2D eigenvalue weighted by atomic mass is 79.9. The van der Waals surface area contributed by atoms with Gasteiger partial charge in [-0.05, 0) is 43.2 Å². The lowest BCUT2D eigenvalue weighted by Gasteiger charge is -2.40. The van der Waals surface area contributed by atoms with Crippen molar-refractivity contribution in [3.8, 4) is 0 Å². The van der Waals surface area contributed by atoms with Gasteiger partial charge in [0.05, 0.1) is 11.7 Å². The summed E-state index contributed by atoms with van der Waals surface area (Å²) in [4.78, 5) is 0. The van der Waals surface area contributed by atoms with E-state index in [0.717, 1.165) is 5.33 Å². The van der Waals surface area contributed by atoms with Gasteiger partial charge in [-0.2, -0.15) is 0 Å². The maximum Gasteiger partial charge on any atom is 0.0835 e. The minimum atomic E-state index is 0.0906. The lowest BCUT2D eigenvalue weighted by atomic mass is 9.84. The summed E-state index contributed by atoms with van der Waals surface area (Å²) in [6.45, 7) is 0. The molecular formula is C17H23BrO. The molecule has 2 aliphatic carbocycles. The van der Waals surface area contributed by atoms with Crippen LogP contribution in [0, 0.1) is 0 Å². The first kappa shape index (κ1) is 13.6. The van der Waals surface area contributed by atoms with Gasteiger partial charge in [0, 0.05) is 5.33 Å². The van der Waals surface area contributed by atoms with Crippen LogP contribution in [0.5, 0.6) is 0 Å². The van der Waals surface area contributed by atoms with Crippen molar-refractivity contribution in [2.75, 3.05) is 5.33 Å². The molecule has 0 aliphatic heterocycles. The smallest absolute Gasteiger partial charge is 0.0835 e. The van der Waals surface area contributed by atoms with Crippen LogP contribution in [0.3, 0.4) is 0 Å². The van der Waals surface area contributed by atoms with Crippen LogP contribution in [-0.2, 0) is 11.2 Å². The molecule has 1 nitrogen and oxygen atoms in total. The number of fused-ring (bicyclic) bond motifs is 1. The molecule has 0 bridgehead atoms. The first-order chi connectivity index (χ1) is 9.33. The third-order valence-corrected chi connectivity index (χ3v) is 5.74. The SMILES string of the molecule is BrCC1(OC2CCCc3ccccc32)CCCCC1. The predicted octanol–water partition coefficient (Wildman–Crippen LogP) is 5.18. The molecule has 0 amide bonds. The van der Waals surface area contributed by atoms with E-state index in [-0.39, 0.29) is 5.60 Å². The van der Waals surface area contributed by atoms with E-state index >= 15 is 0 Å². The van der Waals surface area contributed by atoms with Crippen molar-refractivity contribution < 1.29 is 4.74 Å². The molecule has 0 heterocycles. The molecule has 104 valence electrons. The lowest BCUT2D eigenvalue weighted by molar-refractivity contribution is -0.105. The summed E-state index contributed by atoms with van der Waals surface area (Å²) in [5, 5.41) is 0.985. The molecule has 0 aromatic heterocycles. The topological polar surface area (TPSA) is 9.23 Å². The second-order valence-corrected chi connectivity index (χ2v) is 6.64. The van der Waals surface area contributed by atoms with Crippen molar-refractivity contribution in [3.05, 3.63) is 35.4 Å². The van der Waals surface area contributed by atoms with Gasteiger partial charge in [-0.15, -0.1) is 0 Å². The molecule has 1 unspecified atom stereocenters. The Bertz CT molecular complexity index is 423. The molecule has 1 fully saturated rings. The minimum Gasteiger partial charge on any atom is -0.366 e. The Labute approximate surface area is 124 Å². The largest absolute Gasteiger partial charge is 0.366 e. The summed E-state index contributed by atoms with van der Waals surface area (Å²) < 4.78 is 6.65. The normalized spacial score (nSPS) is 25.8. The summed E-state index contributed by atoms with van der Waals surface area (Å²) in [7, 11) is 0. The summed E-state index contributed by atoms with van der Waals surface area (Å²) >= 11 is 3.71. The van der Waals surface area contributed by atoms with Gasteiger partial charge < -0.3 is 4.74 Å². The van der Waals surface area contributed by atoms with Crippen LogP contribution >= 0.6 is 15.9 Å². The van der Waals surface area contributed by atoms with E-state index in [1.165, 1.54) is 62.5 Å². The fraction of sp³-hybridized carbons (Fsp3) is 0.647. The molecule has 0 N–H and O–H groups in total. The van der Waals surface area contributed by atoms with E-state index in [4.69, 9.17) is 4.74 Å². The molecule has 1 atom stereocenters. The number of aryl methyl sites for hydroxylation is 1. The zero-order valence-electron chi connectivity index (χ0n) is 11.5. The summed E-state index contributed by atoms with van der Waals surface area (Å²) in [6, 6.07) is 8.85. The summed E-state index contributed by atoms with van der Waals surface area (Å²) in [5.41, 5.74) is 3.03. The lowest BCUT2D eigenvalue weighted by Crippen LogP contribution is -2.38. The first-order valence-corrected chi connectivity index (χ1v) is 8.77. The van der Waals surface area contributed by atoms with Gasteiger partial charge in [0.25, 0.3) is 0 Å². The van der Waals surface area contributed by atoms with Crippen LogP contribution in [0.2, 0.25) is 0 Å². The van der Waals surface area contributed by atoms with E-state index in [9.17, 15) is 0 Å². The zero-order valence-corrected chi connectivity index (χ0v) is 13.1. The van der Waals surface area contributed by atoms with Crippen molar-refractivity contribution in [2.45, 2.75) is 63.1 Å². The van der Waals surface area contributed by atoms with E-state index in [1.54, 1.807) is 0 Å². The van der Waals surface area contributed by atoms with Crippen LogP contribution in [0.4, 0.5) is 0 Å². The first-order valence-electron chi connectivity index (χ1n) is 7.65. The Balaban J connectivity index is 1.79. The number of ether oxygens (including phenoxy) is 1.